The number of aryl methyl sites for hydroxylation is 1. The largest absolute Gasteiger partial charge is 0.352 e. The Morgan fingerprint density at radius 1 is 0.921 bits per heavy atom. The normalized spacial score (nSPS) is 14.6. The van der Waals surface area contributed by atoms with E-state index in [2.05, 4.69) is 17.4 Å². The van der Waals surface area contributed by atoms with E-state index in [1.807, 2.05) is 73.7 Å². The monoisotopic (exact) mass is 548 g/mol. The molecule has 0 aliphatic heterocycles. The van der Waals surface area contributed by atoms with E-state index in [1.54, 1.807) is 4.90 Å². The van der Waals surface area contributed by atoms with Crippen molar-refractivity contribution in [2.75, 3.05) is 5.75 Å². The third-order valence-electron chi connectivity index (χ3n) is 7.14. The number of amides is 2. The average Bonchev–Trinajstić information content (AvgIpc) is 2.94. The van der Waals surface area contributed by atoms with Gasteiger partial charge in [0.1, 0.15) is 6.04 Å². The topological polar surface area (TPSA) is 49.4 Å². The van der Waals surface area contributed by atoms with Gasteiger partial charge in [-0.2, -0.15) is 0 Å². The van der Waals surface area contributed by atoms with Gasteiger partial charge in [-0.1, -0.05) is 109 Å². The van der Waals surface area contributed by atoms with E-state index >= 15 is 0 Å². The van der Waals surface area contributed by atoms with Crippen LogP contribution in [0.15, 0.2) is 78.9 Å². The molecule has 0 heterocycles. The summed E-state index contributed by atoms with van der Waals surface area (Å²) >= 11 is 7.87. The van der Waals surface area contributed by atoms with Gasteiger partial charge in [-0.25, -0.2) is 0 Å². The Kier molecular flexibility index (Phi) is 10.7. The maximum Gasteiger partial charge on any atom is 0.243 e. The molecule has 0 spiro atoms. The van der Waals surface area contributed by atoms with E-state index in [0.29, 0.717) is 23.7 Å². The maximum absolute atomic E-state index is 13.8. The minimum atomic E-state index is -0.589. The fourth-order valence-corrected chi connectivity index (χ4v) is 6.13. The van der Waals surface area contributed by atoms with Crippen molar-refractivity contribution in [3.8, 4) is 0 Å². The molecule has 0 saturated heterocycles. The first-order valence-corrected chi connectivity index (χ1v) is 15.0. The van der Waals surface area contributed by atoms with Crippen LogP contribution in [0.3, 0.4) is 0 Å². The molecular weight excluding hydrogens is 512 g/mol. The second-order valence-corrected chi connectivity index (χ2v) is 11.5. The quantitative estimate of drug-likeness (QED) is 0.281. The molecule has 0 aromatic heterocycles. The van der Waals surface area contributed by atoms with E-state index in [9.17, 15) is 9.59 Å². The summed E-state index contributed by atoms with van der Waals surface area (Å²) in [5.74, 6) is 0.820. The molecule has 3 aromatic carbocycles. The van der Waals surface area contributed by atoms with Crippen LogP contribution in [0.5, 0.6) is 0 Å². The van der Waals surface area contributed by atoms with E-state index in [-0.39, 0.29) is 23.6 Å². The molecule has 1 atom stereocenters. The first kappa shape index (κ1) is 28.3. The predicted molar refractivity (Wildman–Crippen MR) is 158 cm³/mol. The first-order valence-electron chi connectivity index (χ1n) is 13.5. The van der Waals surface area contributed by atoms with Crippen LogP contribution in [-0.4, -0.2) is 34.6 Å². The van der Waals surface area contributed by atoms with E-state index in [1.165, 1.54) is 18.2 Å². The van der Waals surface area contributed by atoms with Crippen LogP contribution in [-0.2, 0) is 28.3 Å². The van der Waals surface area contributed by atoms with Gasteiger partial charge in [0.2, 0.25) is 11.8 Å². The van der Waals surface area contributed by atoms with Crippen molar-refractivity contribution in [1.29, 1.82) is 0 Å². The molecule has 1 unspecified atom stereocenters. The molecule has 1 N–H and O–H groups in total. The van der Waals surface area contributed by atoms with Crippen molar-refractivity contribution in [3.05, 3.63) is 106 Å². The van der Waals surface area contributed by atoms with Crippen molar-refractivity contribution in [2.45, 2.75) is 69.8 Å². The van der Waals surface area contributed by atoms with Crippen molar-refractivity contribution in [2.24, 2.45) is 0 Å². The van der Waals surface area contributed by atoms with E-state index < -0.39 is 6.04 Å². The van der Waals surface area contributed by atoms with Crippen LogP contribution < -0.4 is 5.32 Å². The second kappa shape index (κ2) is 14.4. The molecule has 0 bridgehead atoms. The van der Waals surface area contributed by atoms with Gasteiger partial charge < -0.3 is 10.2 Å². The number of halogens is 1. The Labute approximate surface area is 236 Å². The zero-order chi connectivity index (χ0) is 26.7. The van der Waals surface area contributed by atoms with Crippen molar-refractivity contribution in [3.63, 3.8) is 0 Å². The third kappa shape index (κ3) is 8.37. The fraction of sp³-hybridized carbons (Fsp3) is 0.375. The SMILES string of the molecule is Cc1ccc(CN(C(=O)CSCc2ccccc2Cl)C(Cc2ccccc2)C(=O)NC2CCCCC2)cc1. The van der Waals surface area contributed by atoms with Gasteiger partial charge >= 0.3 is 0 Å². The van der Waals surface area contributed by atoms with Crippen LogP contribution in [0, 0.1) is 6.92 Å². The minimum Gasteiger partial charge on any atom is -0.352 e. The molecule has 1 aliphatic rings. The minimum absolute atomic E-state index is 0.0395. The number of carbonyl (C=O) groups is 2. The van der Waals surface area contributed by atoms with Gasteiger partial charge in [-0.05, 0) is 42.5 Å². The number of hydrogen-bond donors (Lipinski definition) is 1. The zero-order valence-corrected chi connectivity index (χ0v) is 23.6. The molecule has 4 nitrogen and oxygen atoms in total. The molecule has 6 heteroatoms. The molecule has 1 aliphatic carbocycles. The van der Waals surface area contributed by atoms with Crippen molar-refractivity contribution < 1.29 is 9.59 Å². The standard InChI is InChI=1S/C32H37ClN2O2S/c1-24-16-18-26(19-17-24)21-35(31(36)23-38-22-27-12-8-9-15-29(27)33)30(20-25-10-4-2-5-11-25)32(37)34-28-13-6-3-7-14-28/h2,4-5,8-12,15-19,28,30H,3,6-7,13-14,20-23H2,1H3,(H,34,37). The van der Waals surface area contributed by atoms with Gasteiger partial charge in [0, 0.05) is 29.8 Å². The van der Waals surface area contributed by atoms with Crippen LogP contribution in [0.2, 0.25) is 5.02 Å². The number of benzene rings is 3. The van der Waals surface area contributed by atoms with Gasteiger partial charge in [0.05, 0.1) is 5.75 Å². The third-order valence-corrected chi connectivity index (χ3v) is 8.47. The van der Waals surface area contributed by atoms with Gasteiger partial charge in [-0.15, -0.1) is 11.8 Å². The molecule has 2 amide bonds. The summed E-state index contributed by atoms with van der Waals surface area (Å²) in [5.41, 5.74) is 4.23. The Bertz CT molecular complexity index is 1180. The maximum atomic E-state index is 13.8. The van der Waals surface area contributed by atoms with Crippen LogP contribution in [0.4, 0.5) is 0 Å². The summed E-state index contributed by atoms with van der Waals surface area (Å²) in [6.07, 6.45) is 5.98. The summed E-state index contributed by atoms with van der Waals surface area (Å²) in [7, 11) is 0. The molecule has 200 valence electrons. The Balaban J connectivity index is 1.56. The highest BCUT2D eigenvalue weighted by atomic mass is 35.5. The van der Waals surface area contributed by atoms with Crippen molar-refractivity contribution >= 4 is 35.2 Å². The van der Waals surface area contributed by atoms with Crippen LogP contribution in [0.25, 0.3) is 0 Å². The molecule has 0 radical (unpaired) electrons. The number of rotatable bonds is 11. The highest BCUT2D eigenvalue weighted by Gasteiger charge is 2.31. The lowest BCUT2D eigenvalue weighted by Gasteiger charge is -2.33. The molecule has 1 fully saturated rings. The smallest absolute Gasteiger partial charge is 0.243 e. The van der Waals surface area contributed by atoms with Gasteiger partial charge in [0.25, 0.3) is 0 Å². The van der Waals surface area contributed by atoms with E-state index in [0.717, 1.165) is 47.9 Å². The van der Waals surface area contributed by atoms with Crippen molar-refractivity contribution in [1.82, 2.24) is 10.2 Å². The highest BCUT2D eigenvalue weighted by Crippen LogP contribution is 2.23. The Hall–Kier alpha value is -2.76. The second-order valence-electron chi connectivity index (χ2n) is 10.1. The Morgan fingerprint density at radius 2 is 1.61 bits per heavy atom. The average molecular weight is 549 g/mol. The number of carbonyl (C=O) groups excluding carboxylic acids is 2. The van der Waals surface area contributed by atoms with Crippen LogP contribution in [0.1, 0.15) is 54.4 Å². The Morgan fingerprint density at radius 3 is 2.32 bits per heavy atom. The molecular formula is C32H37ClN2O2S. The highest BCUT2D eigenvalue weighted by molar-refractivity contribution is 7.99. The molecule has 38 heavy (non-hydrogen) atoms. The van der Waals surface area contributed by atoms with Gasteiger partial charge in [-0.3, -0.25) is 9.59 Å². The van der Waals surface area contributed by atoms with Gasteiger partial charge in [0.15, 0.2) is 0 Å². The molecule has 1 saturated carbocycles. The lowest BCUT2D eigenvalue weighted by Crippen LogP contribution is -2.53. The summed E-state index contributed by atoms with van der Waals surface area (Å²) in [5, 5.41) is 4.01. The summed E-state index contributed by atoms with van der Waals surface area (Å²) in [6.45, 7) is 2.44. The lowest BCUT2D eigenvalue weighted by atomic mass is 9.94. The number of nitrogens with one attached hydrogen (secondary N) is 1. The number of nitrogens with zero attached hydrogens (tertiary/aromatic N) is 1. The summed E-state index contributed by atoms with van der Waals surface area (Å²) < 4.78 is 0. The molecule has 4 rings (SSSR count). The summed E-state index contributed by atoms with van der Waals surface area (Å²) in [6, 6.07) is 25.5. The first-order chi connectivity index (χ1) is 18.5. The van der Waals surface area contributed by atoms with E-state index in [4.69, 9.17) is 11.6 Å². The lowest BCUT2D eigenvalue weighted by molar-refractivity contribution is -0.139. The summed E-state index contributed by atoms with van der Waals surface area (Å²) in [4.78, 5) is 29.4. The zero-order valence-electron chi connectivity index (χ0n) is 22.1. The van der Waals surface area contributed by atoms with Crippen LogP contribution >= 0.6 is 23.4 Å². The number of thioether (sulfide) groups is 1. The molecule has 3 aromatic rings. The fourth-order valence-electron chi connectivity index (χ4n) is 4.94. The predicted octanol–water partition coefficient (Wildman–Crippen LogP) is 6.97. The number of hydrogen-bond acceptors (Lipinski definition) is 3.